The van der Waals surface area contributed by atoms with E-state index in [1.54, 1.807) is 11.1 Å². The van der Waals surface area contributed by atoms with Crippen molar-refractivity contribution in [2.45, 2.75) is 51.4 Å². The number of hydrogen-bond donors (Lipinski definition) is 0. The first-order valence-corrected chi connectivity index (χ1v) is 11.9. The van der Waals surface area contributed by atoms with Crippen molar-refractivity contribution in [3.8, 4) is 0 Å². The number of halogens is 1. The fourth-order valence-electron chi connectivity index (χ4n) is 4.19. The highest BCUT2D eigenvalue weighted by Gasteiger charge is 2.37. The molecule has 2 aromatic rings. The zero-order valence-electron chi connectivity index (χ0n) is 16.1. The molecule has 1 aliphatic heterocycles. The van der Waals surface area contributed by atoms with Gasteiger partial charge in [0.15, 0.2) is 0 Å². The van der Waals surface area contributed by atoms with Gasteiger partial charge in [-0.1, -0.05) is 97.0 Å². The van der Waals surface area contributed by atoms with Crippen LogP contribution >= 0.6 is 20.7 Å². The second-order valence-corrected chi connectivity index (χ2v) is 10.8. The van der Waals surface area contributed by atoms with Gasteiger partial charge >= 0.3 is 0 Å². The van der Waals surface area contributed by atoms with Crippen molar-refractivity contribution in [2.24, 2.45) is 0 Å². The maximum absolute atomic E-state index is 2.49. The molecule has 4 rings (SSSR count). The summed E-state index contributed by atoms with van der Waals surface area (Å²) in [5.41, 5.74) is 9.12. The van der Waals surface area contributed by atoms with E-state index in [-0.39, 0.29) is 31.6 Å². The summed E-state index contributed by atoms with van der Waals surface area (Å²) < 4.78 is 4.86. The molecule has 0 radical (unpaired) electrons. The molecular weight excluding hydrogens is 427 g/mol. The lowest BCUT2D eigenvalue weighted by atomic mass is 9.63. The maximum Gasteiger partial charge on any atom is -0.00484 e. The van der Waals surface area contributed by atoms with E-state index in [0.717, 1.165) is 0 Å². The van der Waals surface area contributed by atoms with E-state index < -0.39 is 0 Å². The minimum atomic E-state index is 0.0105. The van der Waals surface area contributed by atoms with Gasteiger partial charge in [0.05, 0.1) is 0 Å². The molecule has 26 heavy (non-hydrogen) atoms. The average Bonchev–Trinajstić information content (AvgIpc) is 2.66. The Morgan fingerprint density at radius 2 is 1.42 bits per heavy atom. The van der Waals surface area contributed by atoms with Crippen LogP contribution in [0.5, 0.6) is 0 Å². The van der Waals surface area contributed by atoms with Gasteiger partial charge in [-0.2, -0.15) is 0 Å². The van der Waals surface area contributed by atoms with Gasteiger partial charge < -0.3 is 0 Å². The average molecular weight is 454 g/mol. The van der Waals surface area contributed by atoms with Crippen molar-refractivity contribution in [2.75, 3.05) is 0 Å². The first-order chi connectivity index (χ1) is 12.4. The van der Waals surface area contributed by atoms with E-state index in [9.17, 15) is 0 Å². The van der Waals surface area contributed by atoms with E-state index in [1.165, 1.54) is 35.1 Å². The third-order valence-corrected chi connectivity index (χ3v) is 7.77. The standard InChI is InChI=1S/C25H27I/c1-24(2)13-14-25(3,4)23-16-19(10-11-22(23)24)21-17-26-15-12-20(21)18-8-6-5-7-9-18/h5-12,15-17H,13-14H2,1-4H3. The van der Waals surface area contributed by atoms with Gasteiger partial charge in [-0.15, -0.1) is 0 Å². The second-order valence-electron chi connectivity index (χ2n) is 8.75. The van der Waals surface area contributed by atoms with Gasteiger partial charge in [0.25, 0.3) is 0 Å². The molecule has 2 aliphatic rings. The number of benzene rings is 2. The van der Waals surface area contributed by atoms with E-state index in [2.05, 4.69) is 90.4 Å². The van der Waals surface area contributed by atoms with E-state index >= 15 is 0 Å². The largest absolute Gasteiger partial charge is 0.0930 e. The lowest BCUT2D eigenvalue weighted by Crippen LogP contribution is -2.33. The fraction of sp³-hybridized carbons (Fsp3) is 0.320. The van der Waals surface area contributed by atoms with Crippen LogP contribution in [0, 0.1) is 0 Å². The Bertz CT molecular complexity index is 924. The lowest BCUT2D eigenvalue weighted by Gasteiger charge is -2.42. The summed E-state index contributed by atoms with van der Waals surface area (Å²) in [5, 5.41) is 0. The van der Waals surface area contributed by atoms with E-state index in [0.29, 0.717) is 0 Å². The van der Waals surface area contributed by atoms with Crippen molar-refractivity contribution in [3.05, 3.63) is 80.9 Å². The van der Waals surface area contributed by atoms with E-state index in [1.807, 2.05) is 0 Å². The van der Waals surface area contributed by atoms with Crippen molar-refractivity contribution >= 4 is 35.9 Å². The molecule has 1 heteroatoms. The molecule has 0 nitrogen and oxygen atoms in total. The maximum atomic E-state index is 2.49. The molecule has 2 aromatic carbocycles. The van der Waals surface area contributed by atoms with Gasteiger partial charge in [0.1, 0.15) is 0 Å². The summed E-state index contributed by atoms with van der Waals surface area (Å²) in [6.07, 6.45) is 4.87. The summed E-state index contributed by atoms with van der Waals surface area (Å²) in [6.45, 7) is 9.62. The Morgan fingerprint density at radius 1 is 0.731 bits per heavy atom. The van der Waals surface area contributed by atoms with Crippen LogP contribution in [0.2, 0.25) is 0 Å². The van der Waals surface area contributed by atoms with E-state index in [4.69, 9.17) is 0 Å². The minimum absolute atomic E-state index is 0.0105. The van der Waals surface area contributed by atoms with Crippen LogP contribution in [0.25, 0.3) is 11.1 Å². The van der Waals surface area contributed by atoms with Gasteiger partial charge in [-0.25, -0.2) is 0 Å². The van der Waals surface area contributed by atoms with Crippen molar-refractivity contribution in [3.63, 3.8) is 0 Å². The molecule has 0 bridgehead atoms. The zero-order valence-corrected chi connectivity index (χ0v) is 18.3. The summed E-state index contributed by atoms with van der Waals surface area (Å²) in [5.74, 6) is 0. The molecule has 0 saturated carbocycles. The molecule has 0 aromatic heterocycles. The zero-order chi connectivity index (χ0) is 18.4. The van der Waals surface area contributed by atoms with Gasteiger partial charge in [0, 0.05) is 0 Å². The summed E-state index contributed by atoms with van der Waals surface area (Å²) in [4.78, 5) is 0. The first-order valence-electron chi connectivity index (χ1n) is 9.45. The van der Waals surface area contributed by atoms with Crippen LogP contribution in [-0.4, -0.2) is 4.01 Å². The number of allylic oxidation sites excluding steroid dienone is 3. The molecule has 1 heterocycles. The highest BCUT2D eigenvalue weighted by molar-refractivity contribution is 14.2. The van der Waals surface area contributed by atoms with Crippen molar-refractivity contribution in [1.29, 1.82) is 0 Å². The summed E-state index contributed by atoms with van der Waals surface area (Å²) in [6, 6.07) is 18.1. The van der Waals surface area contributed by atoms with Crippen molar-refractivity contribution < 1.29 is 0 Å². The lowest BCUT2D eigenvalue weighted by molar-refractivity contribution is 0.332. The van der Waals surface area contributed by atoms with Crippen LogP contribution < -0.4 is 0 Å². The Hall–Kier alpha value is -1.48. The van der Waals surface area contributed by atoms with Gasteiger partial charge in [-0.3, -0.25) is 0 Å². The number of hydrogen-bond acceptors (Lipinski definition) is 0. The Morgan fingerprint density at radius 3 is 2.15 bits per heavy atom. The summed E-state index contributed by atoms with van der Waals surface area (Å²) >= 11 is 0.0105. The molecular formula is C25H27I. The molecule has 0 unspecified atom stereocenters. The van der Waals surface area contributed by atoms with Gasteiger partial charge in [-0.05, 0) is 71.2 Å². The van der Waals surface area contributed by atoms with Crippen molar-refractivity contribution in [1.82, 2.24) is 0 Å². The monoisotopic (exact) mass is 454 g/mol. The molecule has 0 atom stereocenters. The smallest absolute Gasteiger partial charge is 0.00484 e. The fourth-order valence-corrected chi connectivity index (χ4v) is 6.02. The predicted molar refractivity (Wildman–Crippen MR) is 124 cm³/mol. The second kappa shape index (κ2) is 6.60. The first kappa shape index (κ1) is 17.9. The van der Waals surface area contributed by atoms with Crippen LogP contribution in [0.1, 0.15) is 62.8 Å². The minimum Gasteiger partial charge on any atom is -0.0930 e. The van der Waals surface area contributed by atoms with Crippen LogP contribution in [0.4, 0.5) is 0 Å². The SMILES string of the molecule is CC1(C)CCC(C)(C)c2cc(C3=CI=CC=C3c3ccccc3)ccc21. The Labute approximate surface area is 167 Å². The molecule has 134 valence electrons. The predicted octanol–water partition coefficient (Wildman–Crippen LogP) is 7.25. The topological polar surface area (TPSA) is 0 Å². The highest BCUT2D eigenvalue weighted by atomic mass is 127. The molecule has 0 fully saturated rings. The molecule has 0 N–H and O–H groups in total. The van der Waals surface area contributed by atoms with Crippen LogP contribution in [0.15, 0.2) is 58.7 Å². The van der Waals surface area contributed by atoms with Crippen LogP contribution in [-0.2, 0) is 10.8 Å². The molecule has 0 amide bonds. The molecule has 0 spiro atoms. The quantitative estimate of drug-likeness (QED) is 0.420. The Balaban J connectivity index is 1.83. The normalized spacial score (nSPS) is 20.5. The molecule has 0 saturated heterocycles. The third kappa shape index (κ3) is 3.15. The summed E-state index contributed by atoms with van der Waals surface area (Å²) in [7, 11) is 0. The Kier molecular flexibility index (Phi) is 4.54. The molecule has 1 aliphatic carbocycles. The third-order valence-electron chi connectivity index (χ3n) is 6.01. The van der Waals surface area contributed by atoms with Gasteiger partial charge in [0.2, 0.25) is 0 Å². The number of fused-ring (bicyclic) bond motifs is 1. The number of rotatable bonds is 2. The van der Waals surface area contributed by atoms with Crippen LogP contribution in [0.3, 0.4) is 0 Å². The highest BCUT2D eigenvalue weighted by Crippen LogP contribution is 2.47.